The van der Waals surface area contributed by atoms with Gasteiger partial charge in [0.15, 0.2) is 0 Å². The minimum atomic E-state index is -0.440. The number of aliphatic hydroxyl groups excluding tert-OH is 1. The highest BCUT2D eigenvalue weighted by atomic mass is 19.1. The summed E-state index contributed by atoms with van der Waals surface area (Å²) >= 11 is 0. The van der Waals surface area contributed by atoms with Crippen LogP contribution in [0, 0.1) is 11.7 Å². The molecule has 0 fully saturated rings. The Labute approximate surface area is 108 Å². The number of nitrogens with one attached hydrogen (secondary N) is 1. The Hall–Kier alpha value is -1.13. The molecule has 18 heavy (non-hydrogen) atoms. The second-order valence-electron chi connectivity index (χ2n) is 4.80. The van der Waals surface area contributed by atoms with Gasteiger partial charge in [0.1, 0.15) is 11.6 Å². The maximum absolute atomic E-state index is 13.8. The fourth-order valence-corrected chi connectivity index (χ4v) is 1.75. The van der Waals surface area contributed by atoms with Crippen LogP contribution in [0.2, 0.25) is 0 Å². The molecule has 0 aromatic heterocycles. The van der Waals surface area contributed by atoms with Crippen molar-refractivity contribution in [3.05, 3.63) is 29.6 Å². The van der Waals surface area contributed by atoms with E-state index in [9.17, 15) is 9.50 Å². The summed E-state index contributed by atoms with van der Waals surface area (Å²) in [4.78, 5) is 0. The molecule has 0 aliphatic carbocycles. The molecule has 1 rings (SSSR count). The number of hydrogen-bond donors (Lipinski definition) is 2. The zero-order chi connectivity index (χ0) is 13.7. The second-order valence-corrected chi connectivity index (χ2v) is 4.80. The van der Waals surface area contributed by atoms with E-state index in [0.29, 0.717) is 17.9 Å². The predicted molar refractivity (Wildman–Crippen MR) is 70.2 cm³/mol. The summed E-state index contributed by atoms with van der Waals surface area (Å²) < 4.78 is 18.9. The number of aliphatic hydroxyl groups is 1. The number of hydrogen-bond acceptors (Lipinski definition) is 3. The third-order valence-corrected chi connectivity index (χ3v) is 3.07. The first-order valence-corrected chi connectivity index (χ1v) is 6.21. The van der Waals surface area contributed by atoms with Crippen LogP contribution in [0.5, 0.6) is 5.75 Å². The van der Waals surface area contributed by atoms with Crippen LogP contribution in [0.15, 0.2) is 18.2 Å². The number of methoxy groups -OCH3 is 1. The third kappa shape index (κ3) is 3.68. The lowest BCUT2D eigenvalue weighted by Gasteiger charge is -2.21. The maximum atomic E-state index is 13.8. The van der Waals surface area contributed by atoms with Crippen molar-refractivity contribution in [3.63, 3.8) is 0 Å². The van der Waals surface area contributed by atoms with Crippen LogP contribution in [0.3, 0.4) is 0 Å². The van der Waals surface area contributed by atoms with E-state index >= 15 is 0 Å². The second kappa shape index (κ2) is 6.71. The monoisotopic (exact) mass is 255 g/mol. The van der Waals surface area contributed by atoms with Gasteiger partial charge in [-0.1, -0.05) is 19.9 Å². The number of halogens is 1. The van der Waals surface area contributed by atoms with Crippen molar-refractivity contribution in [2.75, 3.05) is 13.7 Å². The van der Waals surface area contributed by atoms with Crippen LogP contribution in [-0.4, -0.2) is 24.9 Å². The van der Waals surface area contributed by atoms with Crippen LogP contribution in [0.25, 0.3) is 0 Å². The van der Waals surface area contributed by atoms with E-state index in [1.54, 1.807) is 12.1 Å². The molecule has 1 aromatic carbocycles. The van der Waals surface area contributed by atoms with E-state index in [0.717, 1.165) is 0 Å². The quantitative estimate of drug-likeness (QED) is 0.820. The molecular formula is C14H22FNO2. The third-order valence-electron chi connectivity index (χ3n) is 3.07. The van der Waals surface area contributed by atoms with Gasteiger partial charge in [0.25, 0.3) is 0 Å². The van der Waals surface area contributed by atoms with Gasteiger partial charge in [0, 0.05) is 18.2 Å². The molecule has 0 saturated heterocycles. The zero-order valence-corrected chi connectivity index (χ0v) is 11.4. The molecule has 3 nitrogen and oxygen atoms in total. The van der Waals surface area contributed by atoms with Gasteiger partial charge in [0.05, 0.1) is 13.2 Å². The van der Waals surface area contributed by atoms with Crippen LogP contribution in [-0.2, 0) is 0 Å². The van der Waals surface area contributed by atoms with Crippen molar-refractivity contribution >= 4 is 0 Å². The molecule has 102 valence electrons. The minimum absolute atomic E-state index is 0.173. The summed E-state index contributed by atoms with van der Waals surface area (Å²) in [6.07, 6.45) is -0.440. The van der Waals surface area contributed by atoms with E-state index in [2.05, 4.69) is 5.32 Å². The topological polar surface area (TPSA) is 41.5 Å². The van der Waals surface area contributed by atoms with Gasteiger partial charge in [-0.2, -0.15) is 0 Å². The number of ether oxygens (including phenoxy) is 1. The van der Waals surface area contributed by atoms with Crippen molar-refractivity contribution < 1.29 is 14.2 Å². The van der Waals surface area contributed by atoms with Gasteiger partial charge < -0.3 is 15.2 Å². The lowest BCUT2D eigenvalue weighted by Crippen LogP contribution is -2.32. The fraction of sp³-hybridized carbons (Fsp3) is 0.571. The molecule has 1 aromatic rings. The van der Waals surface area contributed by atoms with E-state index < -0.39 is 6.10 Å². The highest BCUT2D eigenvalue weighted by Gasteiger charge is 2.17. The lowest BCUT2D eigenvalue weighted by molar-refractivity contribution is 0.120. The van der Waals surface area contributed by atoms with Gasteiger partial charge in [-0.3, -0.25) is 0 Å². The normalized spacial score (nSPS) is 14.6. The molecule has 0 amide bonds. The molecule has 0 saturated carbocycles. The Morgan fingerprint density at radius 2 is 2.00 bits per heavy atom. The van der Waals surface area contributed by atoms with Crippen molar-refractivity contribution in [2.45, 2.75) is 32.9 Å². The Morgan fingerprint density at radius 1 is 1.33 bits per heavy atom. The molecule has 0 aliphatic heterocycles. The average Bonchev–Trinajstić information content (AvgIpc) is 2.34. The van der Waals surface area contributed by atoms with Crippen molar-refractivity contribution in [3.8, 4) is 5.75 Å². The summed E-state index contributed by atoms with van der Waals surface area (Å²) in [5.74, 6) is 0.398. The Morgan fingerprint density at radius 3 is 2.56 bits per heavy atom. The Bertz CT molecular complexity index is 382. The van der Waals surface area contributed by atoms with E-state index in [1.165, 1.54) is 13.2 Å². The van der Waals surface area contributed by atoms with Gasteiger partial charge in [-0.05, 0) is 25.0 Å². The van der Waals surface area contributed by atoms with E-state index in [4.69, 9.17) is 4.74 Å². The number of benzene rings is 1. The van der Waals surface area contributed by atoms with E-state index in [1.807, 2.05) is 20.8 Å². The molecule has 2 unspecified atom stereocenters. The van der Waals surface area contributed by atoms with Gasteiger partial charge >= 0.3 is 0 Å². The first kappa shape index (κ1) is 14.9. The lowest BCUT2D eigenvalue weighted by atomic mass is 10.0. The largest absolute Gasteiger partial charge is 0.496 e. The summed E-state index contributed by atoms with van der Waals surface area (Å²) in [6, 6.07) is 4.55. The first-order valence-electron chi connectivity index (χ1n) is 6.21. The van der Waals surface area contributed by atoms with E-state index in [-0.39, 0.29) is 17.8 Å². The molecular weight excluding hydrogens is 233 g/mol. The number of rotatable bonds is 6. The summed E-state index contributed by atoms with van der Waals surface area (Å²) in [7, 11) is 1.52. The Balaban J connectivity index is 2.75. The van der Waals surface area contributed by atoms with Crippen molar-refractivity contribution in [1.82, 2.24) is 5.32 Å². The molecule has 2 N–H and O–H groups in total. The van der Waals surface area contributed by atoms with Crippen LogP contribution >= 0.6 is 0 Å². The molecule has 0 bridgehead atoms. The molecule has 4 heteroatoms. The van der Waals surface area contributed by atoms with Gasteiger partial charge in [-0.25, -0.2) is 4.39 Å². The standard InChI is InChI=1S/C14H22FNO2/c1-9(2)12(17)8-16-10(3)14-11(15)6-5-7-13(14)18-4/h5-7,9-10,12,16-17H,8H2,1-4H3. The molecule has 2 atom stereocenters. The van der Waals surface area contributed by atoms with Gasteiger partial charge in [0.2, 0.25) is 0 Å². The van der Waals surface area contributed by atoms with Crippen molar-refractivity contribution in [1.29, 1.82) is 0 Å². The van der Waals surface area contributed by atoms with Crippen LogP contribution < -0.4 is 10.1 Å². The molecule has 0 heterocycles. The first-order chi connectivity index (χ1) is 8.47. The molecule has 0 aliphatic rings. The summed E-state index contributed by atoms with van der Waals surface area (Å²) in [5, 5.41) is 12.9. The van der Waals surface area contributed by atoms with Gasteiger partial charge in [-0.15, -0.1) is 0 Å². The zero-order valence-electron chi connectivity index (χ0n) is 11.4. The van der Waals surface area contributed by atoms with Crippen molar-refractivity contribution in [2.24, 2.45) is 5.92 Å². The maximum Gasteiger partial charge on any atom is 0.131 e. The molecule has 0 spiro atoms. The Kier molecular flexibility index (Phi) is 5.56. The molecule has 0 radical (unpaired) electrons. The smallest absolute Gasteiger partial charge is 0.131 e. The predicted octanol–water partition coefficient (Wildman–Crippen LogP) is 2.50. The highest BCUT2D eigenvalue weighted by molar-refractivity contribution is 5.36. The van der Waals surface area contributed by atoms with Crippen LogP contribution in [0.1, 0.15) is 32.4 Å². The summed E-state index contributed by atoms with van der Waals surface area (Å²) in [5.41, 5.74) is 0.496. The summed E-state index contributed by atoms with van der Waals surface area (Å²) in [6.45, 7) is 6.17. The fourth-order valence-electron chi connectivity index (χ4n) is 1.75. The minimum Gasteiger partial charge on any atom is -0.496 e. The highest BCUT2D eigenvalue weighted by Crippen LogP contribution is 2.27. The SMILES string of the molecule is COc1cccc(F)c1C(C)NCC(O)C(C)C. The van der Waals surface area contributed by atoms with Crippen LogP contribution in [0.4, 0.5) is 4.39 Å². The average molecular weight is 255 g/mol.